The molecule has 0 amide bonds. The number of allylic oxidation sites excluding steroid dienone is 3. The Morgan fingerprint density at radius 2 is 1.52 bits per heavy atom. The van der Waals surface area contributed by atoms with Gasteiger partial charge in [-0.15, -0.1) is 0 Å². The first-order chi connectivity index (χ1) is 15.3. The van der Waals surface area contributed by atoms with Crippen LogP contribution in [0.1, 0.15) is 80.5 Å². The number of benzene rings is 2. The van der Waals surface area contributed by atoms with Crippen LogP contribution in [0.4, 0.5) is 0 Å². The minimum Gasteiger partial charge on any atom is -0.373 e. The standard InChI is InChI=1S/C30H40O/c1-3-5-23-31-24-30-14-9-8-13-27(30)12-7-6-11-26-17-21-29(22-18-26)28-19-15-25(10-4-2)16-20-28/h3-5,8-10,13-14,17-18,21-22,25,28H,6-7,11-12,15-16,19-20,23-24H2,1-2H3. The van der Waals surface area contributed by atoms with Crippen LogP contribution in [0.3, 0.4) is 0 Å². The van der Waals surface area contributed by atoms with Crippen LogP contribution in [-0.4, -0.2) is 6.61 Å². The maximum absolute atomic E-state index is 5.77. The Balaban J connectivity index is 1.40. The van der Waals surface area contributed by atoms with E-state index in [1.54, 1.807) is 5.56 Å². The van der Waals surface area contributed by atoms with Crippen molar-refractivity contribution in [3.8, 4) is 0 Å². The number of rotatable bonds is 11. The summed E-state index contributed by atoms with van der Waals surface area (Å²) >= 11 is 0. The lowest BCUT2D eigenvalue weighted by atomic mass is 9.78. The highest BCUT2D eigenvalue weighted by Crippen LogP contribution is 2.36. The SMILES string of the molecule is CC=CCOCc1ccccc1CCCCc1ccc(C2CCC(C=CC)CC2)cc1. The van der Waals surface area contributed by atoms with E-state index in [-0.39, 0.29) is 0 Å². The van der Waals surface area contributed by atoms with Crippen LogP contribution in [0.2, 0.25) is 0 Å². The summed E-state index contributed by atoms with van der Waals surface area (Å²) in [5.74, 6) is 1.58. The fourth-order valence-electron chi connectivity index (χ4n) is 4.79. The molecule has 0 radical (unpaired) electrons. The van der Waals surface area contributed by atoms with E-state index in [1.165, 1.54) is 61.6 Å². The quantitative estimate of drug-likeness (QED) is 0.265. The predicted octanol–water partition coefficient (Wildman–Crippen LogP) is 8.19. The molecule has 0 aliphatic heterocycles. The average Bonchev–Trinajstić information content (AvgIpc) is 2.81. The third-order valence-electron chi connectivity index (χ3n) is 6.67. The van der Waals surface area contributed by atoms with Gasteiger partial charge in [-0.3, -0.25) is 0 Å². The molecule has 0 atom stereocenters. The van der Waals surface area contributed by atoms with Gasteiger partial charge in [0, 0.05) is 0 Å². The van der Waals surface area contributed by atoms with Crippen molar-refractivity contribution in [2.75, 3.05) is 6.61 Å². The maximum atomic E-state index is 5.77. The maximum Gasteiger partial charge on any atom is 0.0723 e. The molecule has 2 aromatic rings. The molecule has 1 heteroatoms. The van der Waals surface area contributed by atoms with Gasteiger partial charge in [0.15, 0.2) is 0 Å². The summed E-state index contributed by atoms with van der Waals surface area (Å²) in [6.45, 7) is 5.57. The normalized spacial score (nSPS) is 19.4. The largest absolute Gasteiger partial charge is 0.373 e. The number of hydrogen-bond donors (Lipinski definition) is 0. The first-order valence-electron chi connectivity index (χ1n) is 12.3. The van der Waals surface area contributed by atoms with Crippen LogP contribution in [0.5, 0.6) is 0 Å². The molecule has 31 heavy (non-hydrogen) atoms. The van der Waals surface area contributed by atoms with Gasteiger partial charge in [-0.2, -0.15) is 0 Å². The zero-order chi connectivity index (χ0) is 21.7. The van der Waals surface area contributed by atoms with Crippen molar-refractivity contribution in [2.45, 2.75) is 77.7 Å². The molecule has 0 saturated heterocycles. The topological polar surface area (TPSA) is 9.23 Å². The summed E-state index contributed by atoms with van der Waals surface area (Å²) < 4.78 is 5.77. The van der Waals surface area contributed by atoms with Crippen LogP contribution >= 0.6 is 0 Å². The molecule has 0 N–H and O–H groups in total. The smallest absolute Gasteiger partial charge is 0.0723 e. The Morgan fingerprint density at radius 3 is 2.23 bits per heavy atom. The highest BCUT2D eigenvalue weighted by atomic mass is 16.5. The van der Waals surface area contributed by atoms with E-state index in [0.717, 1.165) is 18.3 Å². The van der Waals surface area contributed by atoms with Gasteiger partial charge in [0.2, 0.25) is 0 Å². The monoisotopic (exact) mass is 416 g/mol. The Morgan fingerprint density at radius 1 is 0.806 bits per heavy atom. The number of ether oxygens (including phenoxy) is 1. The molecule has 1 nitrogen and oxygen atoms in total. The van der Waals surface area contributed by atoms with Crippen LogP contribution < -0.4 is 0 Å². The van der Waals surface area contributed by atoms with E-state index in [0.29, 0.717) is 13.2 Å². The fraction of sp³-hybridized carbons (Fsp3) is 0.467. The van der Waals surface area contributed by atoms with E-state index in [4.69, 9.17) is 4.74 Å². The lowest BCUT2D eigenvalue weighted by molar-refractivity contribution is 0.148. The highest BCUT2D eigenvalue weighted by molar-refractivity contribution is 5.27. The van der Waals surface area contributed by atoms with Crippen LogP contribution in [-0.2, 0) is 24.2 Å². The molecule has 0 spiro atoms. The molecule has 0 unspecified atom stereocenters. The molecular formula is C30H40O. The van der Waals surface area contributed by atoms with Gasteiger partial charge in [0.1, 0.15) is 0 Å². The van der Waals surface area contributed by atoms with Gasteiger partial charge in [-0.05, 0) is 99.3 Å². The summed E-state index contributed by atoms with van der Waals surface area (Å²) in [4.78, 5) is 0. The minimum atomic E-state index is 0.693. The van der Waals surface area contributed by atoms with Crippen molar-refractivity contribution in [3.05, 3.63) is 95.1 Å². The number of hydrogen-bond acceptors (Lipinski definition) is 1. The van der Waals surface area contributed by atoms with Crippen LogP contribution in [0.25, 0.3) is 0 Å². The third kappa shape index (κ3) is 7.82. The minimum absolute atomic E-state index is 0.693. The number of aryl methyl sites for hydroxylation is 2. The lowest BCUT2D eigenvalue weighted by Gasteiger charge is -2.27. The molecule has 166 valence electrons. The van der Waals surface area contributed by atoms with E-state index < -0.39 is 0 Å². The fourth-order valence-corrected chi connectivity index (χ4v) is 4.79. The summed E-state index contributed by atoms with van der Waals surface area (Å²) in [6.07, 6.45) is 18.9. The second kappa shape index (κ2) is 13.3. The first kappa shape index (κ1) is 23.5. The van der Waals surface area contributed by atoms with Crippen molar-refractivity contribution in [1.82, 2.24) is 0 Å². The van der Waals surface area contributed by atoms with E-state index in [2.05, 4.69) is 73.7 Å². The third-order valence-corrected chi connectivity index (χ3v) is 6.67. The molecular weight excluding hydrogens is 376 g/mol. The van der Waals surface area contributed by atoms with Gasteiger partial charge >= 0.3 is 0 Å². The summed E-state index contributed by atoms with van der Waals surface area (Å²) in [6, 6.07) is 18.3. The Hall–Kier alpha value is -2.12. The Labute approximate surface area is 190 Å². The van der Waals surface area contributed by atoms with Crippen LogP contribution in [0.15, 0.2) is 72.8 Å². The molecule has 1 saturated carbocycles. The van der Waals surface area contributed by atoms with E-state index in [9.17, 15) is 0 Å². The van der Waals surface area contributed by atoms with Crippen molar-refractivity contribution >= 4 is 0 Å². The lowest BCUT2D eigenvalue weighted by Crippen LogP contribution is -2.11. The van der Waals surface area contributed by atoms with Crippen molar-refractivity contribution in [1.29, 1.82) is 0 Å². The van der Waals surface area contributed by atoms with E-state index in [1.807, 2.05) is 13.0 Å². The summed E-state index contributed by atoms with van der Waals surface area (Å²) in [5, 5.41) is 0. The highest BCUT2D eigenvalue weighted by Gasteiger charge is 2.20. The van der Waals surface area contributed by atoms with Crippen molar-refractivity contribution in [3.63, 3.8) is 0 Å². The van der Waals surface area contributed by atoms with Crippen LogP contribution in [0, 0.1) is 5.92 Å². The van der Waals surface area contributed by atoms with Crippen molar-refractivity contribution < 1.29 is 4.74 Å². The van der Waals surface area contributed by atoms with Gasteiger partial charge in [0.05, 0.1) is 13.2 Å². The molecule has 0 aromatic heterocycles. The molecule has 2 aromatic carbocycles. The van der Waals surface area contributed by atoms with Crippen molar-refractivity contribution in [2.24, 2.45) is 5.92 Å². The van der Waals surface area contributed by atoms with Gasteiger partial charge in [-0.1, -0.05) is 72.8 Å². The zero-order valence-electron chi connectivity index (χ0n) is 19.6. The molecule has 0 bridgehead atoms. The predicted molar refractivity (Wildman–Crippen MR) is 134 cm³/mol. The molecule has 1 aliphatic carbocycles. The molecule has 1 aliphatic rings. The zero-order valence-corrected chi connectivity index (χ0v) is 19.6. The number of unbranched alkanes of at least 4 members (excludes halogenated alkanes) is 1. The molecule has 1 fully saturated rings. The Bertz CT molecular complexity index is 807. The molecule has 3 rings (SSSR count). The molecule has 0 heterocycles. The second-order valence-electron chi connectivity index (χ2n) is 8.94. The van der Waals surface area contributed by atoms with Gasteiger partial charge in [-0.25, -0.2) is 0 Å². The second-order valence-corrected chi connectivity index (χ2v) is 8.94. The van der Waals surface area contributed by atoms with Gasteiger partial charge < -0.3 is 4.74 Å². The summed E-state index contributed by atoms with van der Waals surface area (Å²) in [7, 11) is 0. The van der Waals surface area contributed by atoms with Gasteiger partial charge in [0.25, 0.3) is 0 Å². The first-order valence-corrected chi connectivity index (χ1v) is 12.3. The average molecular weight is 417 g/mol. The summed E-state index contributed by atoms with van der Waals surface area (Å²) in [5.41, 5.74) is 5.80. The van der Waals surface area contributed by atoms with E-state index >= 15 is 0 Å². The Kier molecular flexibility index (Phi) is 10.1.